The molecule has 386 valence electrons. The van der Waals surface area contributed by atoms with Crippen molar-refractivity contribution in [1.29, 1.82) is 0 Å². The Morgan fingerprint density at radius 2 is 0.985 bits per heavy atom. The van der Waals surface area contributed by atoms with Gasteiger partial charge in [-0.15, -0.1) is 0 Å². The molecule has 0 bridgehead atoms. The summed E-state index contributed by atoms with van der Waals surface area (Å²) in [5.41, 5.74) is -19.6. The summed E-state index contributed by atoms with van der Waals surface area (Å²) in [6, 6.07) is 0. The van der Waals surface area contributed by atoms with Crippen LogP contribution in [0.5, 0.6) is 0 Å². The van der Waals surface area contributed by atoms with Gasteiger partial charge in [-0.2, -0.15) is 52.7 Å². The smallest absolute Gasteiger partial charge is 0.393 e. The molecule has 4 aliphatic rings. The van der Waals surface area contributed by atoms with Gasteiger partial charge >= 0.3 is 24.7 Å². The first kappa shape index (κ1) is 41.9. The Balaban J connectivity index is 0.000000410. The number of aliphatic hydroxyl groups excluding tert-OH is 1. The monoisotopic (exact) mass is 987 g/mol. The van der Waals surface area contributed by atoms with E-state index in [0.717, 1.165) is 0 Å². The molecule has 66 heavy (non-hydrogen) atoms. The quantitative estimate of drug-likeness (QED) is 0.0777. The van der Waals surface area contributed by atoms with Gasteiger partial charge in [0.1, 0.15) is 5.78 Å². The minimum atomic E-state index is -6.05. The van der Waals surface area contributed by atoms with E-state index < -0.39 is 122 Å². The van der Waals surface area contributed by atoms with E-state index in [2.05, 4.69) is 0 Å². The highest BCUT2D eigenvalue weighted by Gasteiger charge is 2.70. The second-order valence-electron chi connectivity index (χ2n) is 20.7. The van der Waals surface area contributed by atoms with E-state index in [4.69, 9.17) is 16.4 Å². The van der Waals surface area contributed by atoms with Crippen LogP contribution in [-0.2, 0) is 4.79 Å². The SMILES string of the molecule is [2H]C([2H])([2H])C(O)(CCC[C@](C)(C/C=C/C(O)(C(F)(F)F)C(F)(F)F)[C@H]1CCC2C(=O)CCC[C@@]21C)C([2H])([2H])[2H].[2H]C([2H])([2H])C(O)(CCC[C@](C)(C/C=C/C(O)(C(F)(F)F)C(F)(F)F)[C@H]1CCC2[C@@H](O)CCC[C@@]21C)C([2H])([2H])[2H]. The zero-order chi connectivity index (χ0) is 61.0. The maximum Gasteiger partial charge on any atom is 0.429 e. The molecule has 9 atom stereocenters. The van der Waals surface area contributed by atoms with E-state index >= 15 is 0 Å². The minimum absolute atomic E-state index is 0.0225. The number of carbonyl (C=O) groups excluding carboxylic acids is 1. The maximum absolute atomic E-state index is 13.2. The lowest BCUT2D eigenvalue weighted by atomic mass is 9.56. The number of hydrogen-bond donors (Lipinski definition) is 5. The minimum Gasteiger partial charge on any atom is -0.393 e. The third kappa shape index (κ3) is 12.9. The third-order valence-electron chi connectivity index (χ3n) is 15.8. The van der Waals surface area contributed by atoms with Crippen LogP contribution < -0.4 is 0 Å². The molecular weight excluding hydrogens is 900 g/mol. The van der Waals surface area contributed by atoms with E-state index in [1.54, 1.807) is 13.8 Å². The first-order chi connectivity index (χ1) is 34.5. The van der Waals surface area contributed by atoms with Crippen LogP contribution >= 0.6 is 0 Å². The van der Waals surface area contributed by atoms with Crippen molar-refractivity contribution >= 4 is 5.78 Å². The van der Waals surface area contributed by atoms with Gasteiger partial charge in [-0.1, -0.05) is 59.1 Å². The van der Waals surface area contributed by atoms with E-state index in [1.807, 2.05) is 13.8 Å². The second-order valence-corrected chi connectivity index (χ2v) is 20.7. The van der Waals surface area contributed by atoms with Crippen LogP contribution in [0.2, 0.25) is 0 Å². The number of rotatable bonds is 16. The number of allylic oxidation sites excluding steroid dienone is 2. The predicted octanol–water partition coefficient (Wildman–Crippen LogP) is 12.8. The number of ketones is 1. The summed E-state index contributed by atoms with van der Waals surface area (Å²) in [6.07, 6.45) is -21.5. The van der Waals surface area contributed by atoms with Crippen LogP contribution in [0.3, 0.4) is 0 Å². The summed E-state index contributed by atoms with van der Waals surface area (Å²) in [5, 5.41) is 50.9. The molecule has 4 saturated carbocycles. The Morgan fingerprint density at radius 3 is 1.39 bits per heavy atom. The Morgan fingerprint density at radius 1 is 0.591 bits per heavy atom. The molecule has 0 saturated heterocycles. The van der Waals surface area contributed by atoms with Crippen molar-refractivity contribution in [3.05, 3.63) is 24.3 Å². The first-order valence-electron chi connectivity index (χ1n) is 28.3. The zero-order valence-corrected chi connectivity index (χ0v) is 37.6. The highest BCUT2D eigenvalue weighted by molar-refractivity contribution is 5.83. The van der Waals surface area contributed by atoms with E-state index in [-0.39, 0.29) is 73.7 Å². The first-order valence-corrected chi connectivity index (χ1v) is 22.3. The van der Waals surface area contributed by atoms with Crippen molar-refractivity contribution in [1.82, 2.24) is 0 Å². The molecule has 0 aliphatic heterocycles. The molecule has 4 fully saturated rings. The molecule has 0 heterocycles. The summed E-state index contributed by atoms with van der Waals surface area (Å²) in [4.78, 5) is 12.6. The number of fused-ring (bicyclic) bond motifs is 2. The van der Waals surface area contributed by atoms with Crippen molar-refractivity contribution < 1.29 is 99.5 Å². The molecule has 4 aliphatic carbocycles. The van der Waals surface area contributed by atoms with Crippen LogP contribution in [0.1, 0.15) is 187 Å². The maximum atomic E-state index is 13.2. The fourth-order valence-corrected chi connectivity index (χ4v) is 12.4. The second kappa shape index (κ2) is 20.1. The summed E-state index contributed by atoms with van der Waals surface area (Å²) in [7, 11) is 0. The lowest BCUT2D eigenvalue weighted by molar-refractivity contribution is -0.348. The van der Waals surface area contributed by atoms with Crippen LogP contribution in [0, 0.1) is 45.3 Å². The van der Waals surface area contributed by atoms with Gasteiger partial charge in [0.05, 0.1) is 17.3 Å². The van der Waals surface area contributed by atoms with Gasteiger partial charge in [-0.05, 0) is 169 Å². The van der Waals surface area contributed by atoms with Crippen molar-refractivity contribution in [2.75, 3.05) is 0 Å². The molecule has 5 N–H and O–H groups in total. The zero-order valence-electron chi connectivity index (χ0n) is 49.6. The standard InChI is InChI=1S/C24H38F6O3.C24H36F6O3/c2*1-19(2,32)11-6-12-20(3,13-7-15-22(33,23(25,26)27)24(28,29)30)18-10-9-16-17(31)8-5-14-21(16,18)4/h7,15-18,31-33H,5-6,8-14H2,1-4H3;7,15-16,18,32-33H,5-6,8-14H2,1-4H3/b2*15-7+/t16?,17-,18+,20+,21-;16?,18-,20-,21+/m01/s1/i2*1D3,2D3. The van der Waals surface area contributed by atoms with Crippen molar-refractivity contribution in [2.45, 2.75) is 224 Å². The van der Waals surface area contributed by atoms with Gasteiger partial charge in [-0.3, -0.25) is 4.79 Å². The number of aliphatic hydroxyl groups is 5. The molecule has 2 unspecified atom stereocenters. The van der Waals surface area contributed by atoms with Crippen LogP contribution in [0.25, 0.3) is 0 Å². The van der Waals surface area contributed by atoms with Gasteiger partial charge < -0.3 is 25.5 Å². The lowest BCUT2D eigenvalue weighted by Gasteiger charge is -2.50. The lowest BCUT2D eigenvalue weighted by Crippen LogP contribution is -2.55. The van der Waals surface area contributed by atoms with E-state index in [9.17, 15) is 83.0 Å². The van der Waals surface area contributed by atoms with Crippen LogP contribution in [0.4, 0.5) is 52.7 Å². The van der Waals surface area contributed by atoms with Crippen LogP contribution in [0.15, 0.2) is 24.3 Å². The molecule has 18 heteroatoms. The average molecular weight is 987 g/mol. The number of carbonyl (C=O) groups is 1. The van der Waals surface area contributed by atoms with Gasteiger partial charge in [0.2, 0.25) is 0 Å². The summed E-state index contributed by atoms with van der Waals surface area (Å²) < 4.78 is 249. The molecule has 4 rings (SSSR count). The van der Waals surface area contributed by atoms with E-state index in [0.29, 0.717) is 76.4 Å². The van der Waals surface area contributed by atoms with E-state index in [1.165, 1.54) is 0 Å². The Labute approximate surface area is 398 Å². The Kier molecular flexibility index (Phi) is 12.7. The summed E-state index contributed by atoms with van der Waals surface area (Å²) >= 11 is 0. The molecule has 0 radical (unpaired) electrons. The predicted molar refractivity (Wildman–Crippen MR) is 226 cm³/mol. The highest BCUT2D eigenvalue weighted by Crippen LogP contribution is 2.64. The molecular formula is C48H74F12O6. The Bertz CT molecular complexity index is 2050. The number of alkyl halides is 12. The van der Waals surface area contributed by atoms with Crippen molar-refractivity contribution in [3.63, 3.8) is 0 Å². The fraction of sp³-hybridized carbons (Fsp3) is 0.896. The van der Waals surface area contributed by atoms with Gasteiger partial charge in [0, 0.05) is 28.8 Å². The Hall–Kier alpha value is -1.89. The molecule has 0 spiro atoms. The van der Waals surface area contributed by atoms with Crippen molar-refractivity contribution in [3.8, 4) is 0 Å². The van der Waals surface area contributed by atoms with Gasteiger partial charge in [0.15, 0.2) is 0 Å². The molecule has 0 aromatic rings. The normalized spacial score (nSPS) is 34.0. The highest BCUT2D eigenvalue weighted by atomic mass is 19.4. The van der Waals surface area contributed by atoms with Gasteiger partial charge in [-0.25, -0.2) is 0 Å². The third-order valence-corrected chi connectivity index (χ3v) is 15.8. The number of halogens is 12. The van der Waals surface area contributed by atoms with Crippen molar-refractivity contribution in [2.24, 2.45) is 45.3 Å². The number of hydrogen-bond acceptors (Lipinski definition) is 6. The molecule has 0 aromatic heterocycles. The molecule has 0 amide bonds. The average Bonchev–Trinajstić information content (AvgIpc) is 3.79. The summed E-state index contributed by atoms with van der Waals surface area (Å²) in [6.45, 7) is -6.13. The molecule has 6 nitrogen and oxygen atoms in total. The summed E-state index contributed by atoms with van der Waals surface area (Å²) in [5.74, 6) is -1.17. The van der Waals surface area contributed by atoms with Crippen LogP contribution in [-0.4, -0.2) is 84.5 Å². The number of Topliss-reactive ketones (excluding diaryl/α,β-unsaturated/α-hetero) is 1. The topological polar surface area (TPSA) is 118 Å². The largest absolute Gasteiger partial charge is 0.429 e. The fourth-order valence-electron chi connectivity index (χ4n) is 12.4. The molecule has 0 aromatic carbocycles. The van der Waals surface area contributed by atoms with Gasteiger partial charge in [0.25, 0.3) is 11.2 Å².